The fourth-order valence-corrected chi connectivity index (χ4v) is 15.7. The van der Waals surface area contributed by atoms with Crippen LogP contribution in [0.1, 0.15) is 76.5 Å². The lowest BCUT2D eigenvalue weighted by molar-refractivity contribution is -0.384. The third kappa shape index (κ3) is 37.7. The highest BCUT2D eigenvalue weighted by molar-refractivity contribution is 9.11. The number of aliphatic hydroxyl groups excluding tert-OH is 1. The number of halogens is 2. The second-order valence-electron chi connectivity index (χ2n) is 34.0. The highest BCUT2D eigenvalue weighted by Gasteiger charge is 2.52. The number of nitrogens with two attached hydrogens (primary N) is 1. The number of rotatable bonds is 34. The Balaban J connectivity index is 0.000000163. The molecule has 17 rings (SSSR count). The Bertz CT molecular complexity index is 5220. The van der Waals surface area contributed by atoms with E-state index < -0.39 is 4.92 Å². The zero-order valence-corrected chi connectivity index (χ0v) is 83.0. The zero-order valence-electron chi connectivity index (χ0n) is 79.9. The molecule has 0 atom stereocenters. The molecule has 138 heavy (non-hydrogen) atoms. The Kier molecular flexibility index (Phi) is 46.9. The molecule has 2 amide bonds. The third-order valence-electron chi connectivity index (χ3n) is 23.5. The molecule has 6 saturated heterocycles. The average molecular weight is 2020 g/mol. The highest BCUT2D eigenvalue weighted by atomic mass is 79.9. The summed E-state index contributed by atoms with van der Waals surface area (Å²) in [6, 6.07) is 56.0. The maximum absolute atomic E-state index is 12.2. The number of morpholine rings is 5. The molecule has 0 radical (unpaired) electrons. The van der Waals surface area contributed by atoms with Crippen molar-refractivity contribution in [3.05, 3.63) is 266 Å². The molecule has 9 aromatic rings. The smallest absolute Gasteiger partial charge is 0.496 e. The fraction of sp³-hybridized carbons (Fsp3) is 0.423. The highest BCUT2D eigenvalue weighted by Crippen LogP contribution is 2.39. The molecule has 738 valence electrons. The van der Waals surface area contributed by atoms with Crippen molar-refractivity contribution in [3.63, 3.8) is 0 Å². The number of nitrogens with zero attached hydrogens (tertiary/aromatic N) is 12. The number of phenols is 1. The van der Waals surface area contributed by atoms with Crippen LogP contribution in [-0.4, -0.2) is 308 Å². The number of para-hydroxylation sites is 5. The van der Waals surface area contributed by atoms with Gasteiger partial charge in [0.25, 0.3) is 5.69 Å². The van der Waals surface area contributed by atoms with E-state index >= 15 is 0 Å². The number of allylic oxidation sites excluding steroid dienone is 3. The lowest BCUT2D eigenvalue weighted by Crippen LogP contribution is -2.41. The molecule has 0 saturated carbocycles. The Morgan fingerprint density at radius 2 is 1.01 bits per heavy atom. The molecular formula is C104H134BBr2N15O16. The van der Waals surface area contributed by atoms with Crippen LogP contribution in [0.4, 0.5) is 21.9 Å². The summed E-state index contributed by atoms with van der Waals surface area (Å²) in [5.74, 6) is 3.76. The van der Waals surface area contributed by atoms with Gasteiger partial charge in [-0.2, -0.15) is 5.10 Å². The van der Waals surface area contributed by atoms with Crippen LogP contribution in [-0.2, 0) is 39.5 Å². The Morgan fingerprint density at radius 3 is 1.48 bits per heavy atom. The van der Waals surface area contributed by atoms with Crippen LogP contribution in [0.3, 0.4) is 0 Å². The van der Waals surface area contributed by atoms with Gasteiger partial charge in [-0.15, -0.1) is 0 Å². The maximum Gasteiger partial charge on any atom is 0.496 e. The number of aromatic hydroxyl groups is 1. The van der Waals surface area contributed by atoms with Gasteiger partial charge in [-0.1, -0.05) is 97.1 Å². The number of amides is 2. The fourth-order valence-electron chi connectivity index (χ4n) is 15.0. The topological polar surface area (TPSA) is 336 Å². The SMILES string of the molecule is Brc1ccccc1OCCCN1CCOCC1.C1=NCC=C1c1ccccc1OCCCN1CCOCC1.CC1(C)OB(C2=CCN=C2)OC1(C)C.NC=C(C=Nc1ccc([N+](=O)[O-])cc1)c1ccccc1OCCCN1CCOCC1.O=C(NCc1cccnc1)Nc1ccc(-n2cc(-c3ccccc3OCCCN3CCOCC3)cn2)cc1.OCCCN1CCOCC1.Oc1ccccc1Br. The largest absolute Gasteiger partial charge is 0.507 e. The number of urea groups is 1. The van der Waals surface area contributed by atoms with Crippen LogP contribution in [0.15, 0.2) is 255 Å². The Morgan fingerprint density at radius 1 is 0.543 bits per heavy atom. The van der Waals surface area contributed by atoms with E-state index in [0.717, 1.165) is 294 Å². The summed E-state index contributed by atoms with van der Waals surface area (Å²) in [7, 11) is -0.244. The molecule has 10 heterocycles. The van der Waals surface area contributed by atoms with Gasteiger partial charge >= 0.3 is 13.1 Å². The molecule has 34 heteroatoms. The van der Waals surface area contributed by atoms with Gasteiger partial charge < -0.3 is 78.5 Å². The summed E-state index contributed by atoms with van der Waals surface area (Å²) < 4.78 is 65.8. The van der Waals surface area contributed by atoms with E-state index in [4.69, 9.17) is 67.9 Å². The zero-order chi connectivity index (χ0) is 97.0. The summed E-state index contributed by atoms with van der Waals surface area (Å²) in [4.78, 5) is 51.3. The van der Waals surface area contributed by atoms with E-state index in [1.807, 2.05) is 163 Å². The van der Waals surface area contributed by atoms with Gasteiger partial charge in [-0.3, -0.25) is 54.6 Å². The standard InChI is InChI=1S/C29H32N6O3.C22H26N4O4.C17H22N2O2.C13H18BrNO2.C10H16BNO2.C7H15NO2.C6H5BrO/c36-29(31-20-23-5-3-12-30-19-23)33-25-8-10-26(11-9-25)35-22-24(21-32-35)27-6-1-2-7-28(27)38-16-4-13-34-14-17-37-18-15-34;23-16-18(17-24-19-6-8-20(9-7-19)26(27)28)21-4-1-2-5-22(21)30-13-3-10-25-11-14-29-15-12-25;1-2-5-17(16(4-1)15-6-7-18-14-15)21-11-3-8-19-9-12-20-13-10-19;14-12-4-1-2-5-13(12)17-9-3-6-15-7-10-16-11-8-15;1-9(2)10(3,4)14-11(13-9)8-5-6-12-7-8;9-5-1-2-8-3-6-10-7-4-8;7-5-3-1-2-4-6(5)8/h1-3,5-12,19,21-22H,4,13-18,20H2,(H2,31,33,36);1-2,4-9,16-17H,3,10-15,23H2;1-2,4-6,14H,3,7-13H2;1-2,4-5H,3,6-11H2;5,7H,6H2,1-4H3;9H,1-7H2;1-4,8H. The van der Waals surface area contributed by atoms with Crippen molar-refractivity contribution >= 4 is 91.9 Å². The lowest BCUT2D eigenvalue weighted by atomic mass is 9.79. The number of ether oxygens (including phenoxy) is 9. The first-order chi connectivity index (χ1) is 67.4. The predicted octanol–water partition coefficient (Wildman–Crippen LogP) is 16.0. The van der Waals surface area contributed by atoms with Gasteiger partial charge in [0.05, 0.1) is 148 Å². The molecule has 0 spiro atoms. The molecule has 0 unspecified atom stereocenters. The minimum Gasteiger partial charge on any atom is -0.507 e. The number of hydrogen-bond donors (Lipinski definition) is 5. The number of non-ortho nitro benzene ring substituents is 1. The number of pyridine rings is 1. The van der Waals surface area contributed by atoms with Gasteiger partial charge in [-0.25, -0.2) is 9.48 Å². The van der Waals surface area contributed by atoms with Crippen molar-refractivity contribution in [1.29, 1.82) is 0 Å². The first-order valence-electron chi connectivity index (χ1n) is 47.5. The Hall–Kier alpha value is -10.9. The van der Waals surface area contributed by atoms with Gasteiger partial charge in [0, 0.05) is 206 Å². The number of benzene rings is 7. The first-order valence-corrected chi connectivity index (χ1v) is 49.1. The maximum atomic E-state index is 12.2. The van der Waals surface area contributed by atoms with Crippen LogP contribution in [0, 0.1) is 10.1 Å². The molecule has 8 aliphatic rings. The van der Waals surface area contributed by atoms with E-state index in [2.05, 4.69) is 138 Å². The molecular weight excluding hydrogens is 1890 g/mol. The molecule has 8 aliphatic heterocycles. The van der Waals surface area contributed by atoms with Crippen molar-refractivity contribution in [3.8, 4) is 45.6 Å². The number of hydrogen-bond acceptors (Lipinski definition) is 27. The van der Waals surface area contributed by atoms with Crippen molar-refractivity contribution in [2.75, 3.05) is 216 Å². The summed E-state index contributed by atoms with van der Waals surface area (Å²) in [6.45, 7) is 36.9. The molecule has 0 aliphatic carbocycles. The van der Waals surface area contributed by atoms with Gasteiger partial charge in [0.1, 0.15) is 28.7 Å². The normalized spacial score (nSPS) is 17.0. The summed E-state index contributed by atoms with van der Waals surface area (Å²) in [5.41, 5.74) is 15.4. The number of nitro groups is 1. The second kappa shape index (κ2) is 60.2. The van der Waals surface area contributed by atoms with Crippen LogP contribution in [0.25, 0.3) is 28.0 Å². The van der Waals surface area contributed by atoms with E-state index in [9.17, 15) is 14.9 Å². The van der Waals surface area contributed by atoms with Crippen LogP contribution in [0.2, 0.25) is 0 Å². The van der Waals surface area contributed by atoms with Crippen LogP contribution >= 0.6 is 31.9 Å². The molecule has 2 aromatic heterocycles. The van der Waals surface area contributed by atoms with Gasteiger partial charge in [0.2, 0.25) is 0 Å². The molecule has 7 aromatic carbocycles. The lowest BCUT2D eigenvalue weighted by Gasteiger charge is -2.32. The molecule has 0 bridgehead atoms. The van der Waals surface area contributed by atoms with E-state index in [1.54, 1.807) is 48.9 Å². The summed E-state index contributed by atoms with van der Waals surface area (Å²) >= 11 is 6.62. The second-order valence-corrected chi connectivity index (χ2v) is 35.7. The first kappa shape index (κ1) is 108. The average Bonchev–Trinajstić information content (AvgIpc) is 1.62. The molecule has 31 nitrogen and oxygen atoms in total. The van der Waals surface area contributed by atoms with E-state index in [1.165, 1.54) is 23.9 Å². The number of anilines is 1. The van der Waals surface area contributed by atoms with Crippen molar-refractivity contribution in [1.82, 2.24) is 44.6 Å². The number of nitrogens with one attached hydrogen (secondary N) is 2. The van der Waals surface area contributed by atoms with Crippen molar-refractivity contribution < 1.29 is 71.9 Å². The quantitative estimate of drug-likeness (QED) is 0.00822. The van der Waals surface area contributed by atoms with E-state index in [-0.39, 0.29) is 35.8 Å². The van der Waals surface area contributed by atoms with Gasteiger partial charge in [-0.05, 0) is 188 Å². The number of carbonyl (C=O) groups excluding carboxylic acids is 1. The van der Waals surface area contributed by atoms with Crippen molar-refractivity contribution in [2.45, 2.75) is 77.5 Å². The van der Waals surface area contributed by atoms with Crippen LogP contribution < -0.4 is 35.3 Å². The van der Waals surface area contributed by atoms with Gasteiger partial charge in [0.15, 0.2) is 0 Å². The van der Waals surface area contributed by atoms with Crippen molar-refractivity contribution in [2.24, 2.45) is 20.7 Å². The number of aromatic nitrogens is 3. The monoisotopic (exact) mass is 2020 g/mol. The minimum absolute atomic E-state index is 0.0272. The number of aliphatic hydroxyl groups is 1. The molecule has 6 fully saturated rings. The number of carbonyl (C=O) groups is 1. The Labute approximate surface area is 829 Å². The number of nitro benzene ring substituents is 1. The summed E-state index contributed by atoms with van der Waals surface area (Å²) in [6.07, 6.45) is 23.2. The predicted molar refractivity (Wildman–Crippen MR) is 553 cm³/mol. The third-order valence-corrected chi connectivity index (χ3v) is 24.9. The molecule has 6 N–H and O–H groups in total. The summed E-state index contributed by atoms with van der Waals surface area (Å²) in [5, 5.41) is 38.4. The van der Waals surface area contributed by atoms with E-state index in [0.29, 0.717) is 43.3 Å². The number of phenolic OH excluding ortho intramolecular Hbond substituents is 1. The minimum atomic E-state index is -0.439. The van der Waals surface area contributed by atoms with Crippen LogP contribution in [0.5, 0.6) is 28.7 Å². The number of aliphatic imine (C=N–C) groups is 3.